The molecule has 126 valence electrons. The first-order valence-corrected chi connectivity index (χ1v) is 9.59. The Labute approximate surface area is 140 Å². The lowest BCUT2D eigenvalue weighted by Gasteiger charge is -2.27. The summed E-state index contributed by atoms with van der Waals surface area (Å²) in [5, 5.41) is 0. The summed E-state index contributed by atoms with van der Waals surface area (Å²) in [6, 6.07) is 7.69. The van der Waals surface area contributed by atoms with Crippen LogP contribution in [0.1, 0.15) is 43.2 Å². The van der Waals surface area contributed by atoms with Crippen molar-refractivity contribution in [1.82, 2.24) is 9.80 Å². The monoisotopic (exact) mass is 314 g/mol. The average molecular weight is 314 g/mol. The molecule has 3 aliphatic rings. The lowest BCUT2D eigenvalue weighted by Crippen LogP contribution is -2.37. The number of nitrogens with zero attached hydrogens (tertiary/aromatic N) is 2. The minimum Gasteiger partial charge on any atom is -0.493 e. The lowest BCUT2D eigenvalue weighted by molar-refractivity contribution is 0.200. The molecule has 0 N–H and O–H groups in total. The summed E-state index contributed by atoms with van der Waals surface area (Å²) in [7, 11) is 0. The zero-order valence-corrected chi connectivity index (χ0v) is 14.3. The molecule has 1 saturated carbocycles. The second kappa shape index (κ2) is 7.23. The van der Waals surface area contributed by atoms with E-state index in [1.165, 1.54) is 82.4 Å². The van der Waals surface area contributed by atoms with E-state index >= 15 is 0 Å². The van der Waals surface area contributed by atoms with Crippen LogP contribution in [0.5, 0.6) is 5.75 Å². The summed E-state index contributed by atoms with van der Waals surface area (Å²) in [6.45, 7) is 7.20. The first-order valence-electron chi connectivity index (χ1n) is 9.59. The Morgan fingerprint density at radius 1 is 1.00 bits per heavy atom. The molecule has 1 aliphatic carbocycles. The molecule has 0 aromatic heterocycles. The van der Waals surface area contributed by atoms with Gasteiger partial charge in [-0.2, -0.15) is 0 Å². The van der Waals surface area contributed by atoms with Crippen molar-refractivity contribution in [2.45, 2.75) is 51.0 Å². The summed E-state index contributed by atoms with van der Waals surface area (Å²) < 4.78 is 5.61. The van der Waals surface area contributed by atoms with Gasteiger partial charge < -0.3 is 9.64 Å². The minimum atomic E-state index is 0.863. The van der Waals surface area contributed by atoms with Crippen molar-refractivity contribution >= 4 is 0 Å². The van der Waals surface area contributed by atoms with Gasteiger partial charge in [-0.15, -0.1) is 0 Å². The first-order chi connectivity index (χ1) is 11.4. The van der Waals surface area contributed by atoms with Crippen molar-refractivity contribution in [3.8, 4) is 5.75 Å². The predicted octanol–water partition coefficient (Wildman–Crippen LogP) is 3.11. The van der Waals surface area contributed by atoms with Crippen LogP contribution < -0.4 is 4.74 Å². The van der Waals surface area contributed by atoms with E-state index in [2.05, 4.69) is 28.0 Å². The van der Waals surface area contributed by atoms with Crippen LogP contribution in [0.2, 0.25) is 0 Å². The molecule has 0 spiro atoms. The molecular formula is C20H30N2O. The summed E-state index contributed by atoms with van der Waals surface area (Å²) in [5.41, 5.74) is 2.89. The molecule has 0 amide bonds. The topological polar surface area (TPSA) is 15.7 Å². The van der Waals surface area contributed by atoms with E-state index in [1.807, 2.05) is 0 Å². The Morgan fingerprint density at radius 2 is 1.91 bits per heavy atom. The number of hydrogen-bond acceptors (Lipinski definition) is 3. The van der Waals surface area contributed by atoms with E-state index in [1.54, 1.807) is 0 Å². The van der Waals surface area contributed by atoms with Crippen molar-refractivity contribution in [2.75, 3.05) is 39.3 Å². The largest absolute Gasteiger partial charge is 0.493 e. The normalized spacial score (nSPS) is 23.7. The van der Waals surface area contributed by atoms with Crippen LogP contribution in [0.25, 0.3) is 0 Å². The van der Waals surface area contributed by atoms with Gasteiger partial charge >= 0.3 is 0 Å². The molecule has 0 unspecified atom stereocenters. The molecule has 3 heteroatoms. The van der Waals surface area contributed by atoms with Crippen LogP contribution >= 0.6 is 0 Å². The Kier molecular flexibility index (Phi) is 4.86. The van der Waals surface area contributed by atoms with E-state index in [9.17, 15) is 0 Å². The van der Waals surface area contributed by atoms with Gasteiger partial charge in [0, 0.05) is 32.1 Å². The smallest absolute Gasteiger partial charge is 0.122 e. The highest BCUT2D eigenvalue weighted by atomic mass is 16.5. The minimum absolute atomic E-state index is 0.863. The maximum Gasteiger partial charge on any atom is 0.122 e. The van der Waals surface area contributed by atoms with E-state index in [0.29, 0.717) is 0 Å². The Balaban J connectivity index is 1.28. The lowest BCUT2D eigenvalue weighted by atomic mass is 10.1. The molecular weight excluding hydrogens is 284 g/mol. The fourth-order valence-electron chi connectivity index (χ4n) is 4.53. The fourth-order valence-corrected chi connectivity index (χ4v) is 4.53. The molecule has 4 rings (SSSR count). The standard InChI is InChI=1S/C20H30N2O/c1-2-5-19(4-1)22-11-3-10-21(13-14-22)12-8-17-6-7-20-18(16-17)9-15-23-20/h6-7,16,19H,1-5,8-15H2. The Morgan fingerprint density at radius 3 is 2.83 bits per heavy atom. The summed E-state index contributed by atoms with van der Waals surface area (Å²) >= 11 is 0. The second-order valence-electron chi connectivity index (χ2n) is 7.46. The van der Waals surface area contributed by atoms with Crippen LogP contribution in [0, 0.1) is 0 Å². The first kappa shape index (κ1) is 15.5. The molecule has 2 heterocycles. The van der Waals surface area contributed by atoms with Crippen molar-refractivity contribution in [2.24, 2.45) is 0 Å². The number of rotatable bonds is 4. The van der Waals surface area contributed by atoms with Crippen LogP contribution in [0.3, 0.4) is 0 Å². The second-order valence-corrected chi connectivity index (χ2v) is 7.46. The number of benzene rings is 1. The molecule has 0 atom stereocenters. The Bertz CT molecular complexity index is 524. The number of ether oxygens (including phenoxy) is 1. The molecule has 1 aromatic rings. The zero-order chi connectivity index (χ0) is 15.5. The van der Waals surface area contributed by atoms with E-state index in [4.69, 9.17) is 4.74 Å². The molecule has 23 heavy (non-hydrogen) atoms. The highest BCUT2D eigenvalue weighted by molar-refractivity contribution is 5.39. The fraction of sp³-hybridized carbons (Fsp3) is 0.700. The Hall–Kier alpha value is -1.06. The highest BCUT2D eigenvalue weighted by Gasteiger charge is 2.24. The third kappa shape index (κ3) is 3.72. The van der Waals surface area contributed by atoms with E-state index in [-0.39, 0.29) is 0 Å². The summed E-state index contributed by atoms with van der Waals surface area (Å²) in [6.07, 6.45) is 9.39. The zero-order valence-electron chi connectivity index (χ0n) is 14.3. The van der Waals surface area contributed by atoms with Crippen molar-refractivity contribution in [3.05, 3.63) is 29.3 Å². The number of hydrogen-bond donors (Lipinski definition) is 0. The van der Waals surface area contributed by atoms with Gasteiger partial charge in [-0.1, -0.05) is 25.0 Å². The van der Waals surface area contributed by atoms with Gasteiger partial charge in [0.05, 0.1) is 6.61 Å². The van der Waals surface area contributed by atoms with Crippen LogP contribution in [-0.4, -0.2) is 55.2 Å². The maximum absolute atomic E-state index is 5.61. The summed E-state index contributed by atoms with van der Waals surface area (Å²) in [4.78, 5) is 5.46. The molecule has 3 nitrogen and oxygen atoms in total. The van der Waals surface area contributed by atoms with Crippen LogP contribution in [0.4, 0.5) is 0 Å². The third-order valence-corrected chi connectivity index (χ3v) is 5.93. The van der Waals surface area contributed by atoms with Crippen molar-refractivity contribution < 1.29 is 4.74 Å². The number of fused-ring (bicyclic) bond motifs is 1. The molecule has 1 saturated heterocycles. The van der Waals surface area contributed by atoms with Gasteiger partial charge in [-0.05, 0) is 56.0 Å². The molecule has 1 aromatic carbocycles. The predicted molar refractivity (Wildman–Crippen MR) is 94.2 cm³/mol. The van der Waals surface area contributed by atoms with Gasteiger partial charge in [0.2, 0.25) is 0 Å². The summed E-state index contributed by atoms with van der Waals surface area (Å²) in [5.74, 6) is 1.11. The van der Waals surface area contributed by atoms with Crippen molar-refractivity contribution in [3.63, 3.8) is 0 Å². The van der Waals surface area contributed by atoms with Crippen LogP contribution in [-0.2, 0) is 12.8 Å². The van der Waals surface area contributed by atoms with E-state index < -0.39 is 0 Å². The van der Waals surface area contributed by atoms with Crippen LogP contribution in [0.15, 0.2) is 18.2 Å². The SMILES string of the molecule is c1cc2c(cc1CCN1CCCN(C3CCCC3)CC1)CCO2. The van der Waals surface area contributed by atoms with E-state index in [0.717, 1.165) is 24.8 Å². The quantitative estimate of drug-likeness (QED) is 0.849. The molecule has 0 radical (unpaired) electrons. The average Bonchev–Trinajstić information content (AvgIpc) is 3.21. The molecule has 0 bridgehead atoms. The van der Waals surface area contributed by atoms with Gasteiger partial charge in [0.1, 0.15) is 5.75 Å². The maximum atomic E-state index is 5.61. The van der Waals surface area contributed by atoms with Gasteiger partial charge in [0.25, 0.3) is 0 Å². The van der Waals surface area contributed by atoms with Gasteiger partial charge in [0.15, 0.2) is 0 Å². The molecule has 2 fully saturated rings. The molecule has 2 aliphatic heterocycles. The highest BCUT2D eigenvalue weighted by Crippen LogP contribution is 2.26. The van der Waals surface area contributed by atoms with Crippen molar-refractivity contribution in [1.29, 1.82) is 0 Å². The van der Waals surface area contributed by atoms with Gasteiger partial charge in [-0.3, -0.25) is 4.90 Å². The van der Waals surface area contributed by atoms with Gasteiger partial charge in [-0.25, -0.2) is 0 Å². The third-order valence-electron chi connectivity index (χ3n) is 5.93.